The fraction of sp³-hybridized carbons (Fsp3) is 0.462. The van der Waals surface area contributed by atoms with Crippen LogP contribution in [0.25, 0.3) is 0 Å². The minimum absolute atomic E-state index is 0.0727. The van der Waals surface area contributed by atoms with Crippen molar-refractivity contribution in [2.24, 2.45) is 0 Å². The fourth-order valence-corrected chi connectivity index (χ4v) is 2.88. The number of carbonyl (C=O) groups excluding carboxylic acids is 1. The monoisotopic (exact) mass is 261 g/mol. The Morgan fingerprint density at radius 3 is 2.68 bits per heavy atom. The van der Waals surface area contributed by atoms with Crippen molar-refractivity contribution in [3.8, 4) is 0 Å². The van der Waals surface area contributed by atoms with Crippen LogP contribution in [0.2, 0.25) is 0 Å². The molecule has 1 aromatic rings. The first-order valence-electron chi connectivity index (χ1n) is 6.31. The van der Waals surface area contributed by atoms with Crippen LogP contribution in [0.4, 0.5) is 5.69 Å². The van der Waals surface area contributed by atoms with Gasteiger partial charge in [-0.15, -0.1) is 0 Å². The molecular weight excluding hydrogens is 246 g/mol. The molecule has 0 bridgehead atoms. The van der Waals surface area contributed by atoms with Crippen LogP contribution in [0.5, 0.6) is 0 Å². The van der Waals surface area contributed by atoms with Crippen molar-refractivity contribution in [2.75, 3.05) is 13.6 Å². The first-order chi connectivity index (χ1) is 9.06. The van der Waals surface area contributed by atoms with E-state index in [1.165, 1.54) is 6.07 Å². The smallest absolute Gasteiger partial charge is 0.269 e. The molecule has 0 radical (unpaired) electrons. The number of likely N-dealkylation sites (N-methyl/N-ethyl adjacent to an activating group) is 1. The van der Waals surface area contributed by atoms with Crippen molar-refractivity contribution in [3.63, 3.8) is 0 Å². The van der Waals surface area contributed by atoms with Crippen LogP contribution >= 0.6 is 0 Å². The van der Waals surface area contributed by atoms with E-state index >= 15 is 0 Å². The third-order valence-corrected chi connectivity index (χ3v) is 3.99. The molecule has 3 rings (SSSR count). The summed E-state index contributed by atoms with van der Waals surface area (Å²) in [6.45, 7) is 2.12. The highest BCUT2D eigenvalue weighted by atomic mass is 16.6. The Hall–Kier alpha value is -1.95. The van der Waals surface area contributed by atoms with Gasteiger partial charge in [0.05, 0.1) is 11.0 Å². The van der Waals surface area contributed by atoms with E-state index in [2.05, 4.69) is 4.90 Å². The lowest BCUT2D eigenvalue weighted by Crippen LogP contribution is -2.37. The van der Waals surface area contributed by atoms with E-state index in [4.69, 9.17) is 0 Å². The molecule has 0 N–H and O–H groups in total. The standard InChI is InChI=1S/C13H15N3O3/c1-14-5-4-12(13(14)17)15-7-9-2-3-11(16(18)19)6-10(9)8-15/h2-3,6,12H,4-5,7-8H2,1H3/t12-/m1/s1. The molecule has 0 saturated carbocycles. The predicted octanol–water partition coefficient (Wildman–Crippen LogP) is 1.14. The van der Waals surface area contributed by atoms with Crippen LogP contribution < -0.4 is 0 Å². The largest absolute Gasteiger partial charge is 0.344 e. The Kier molecular flexibility index (Phi) is 2.74. The van der Waals surface area contributed by atoms with Crippen molar-refractivity contribution >= 4 is 11.6 Å². The van der Waals surface area contributed by atoms with Crippen LogP contribution in [0.1, 0.15) is 17.5 Å². The molecular formula is C13H15N3O3. The minimum Gasteiger partial charge on any atom is -0.344 e. The summed E-state index contributed by atoms with van der Waals surface area (Å²) in [4.78, 5) is 26.2. The third-order valence-electron chi connectivity index (χ3n) is 3.99. The number of hydrogen-bond acceptors (Lipinski definition) is 4. The van der Waals surface area contributed by atoms with Gasteiger partial charge in [0.1, 0.15) is 0 Å². The van der Waals surface area contributed by atoms with Gasteiger partial charge < -0.3 is 4.90 Å². The highest BCUT2D eigenvalue weighted by Crippen LogP contribution is 2.30. The van der Waals surface area contributed by atoms with Gasteiger partial charge in [-0.2, -0.15) is 0 Å². The molecule has 2 heterocycles. The van der Waals surface area contributed by atoms with Crippen LogP contribution in [-0.4, -0.2) is 40.3 Å². The van der Waals surface area contributed by atoms with Gasteiger partial charge in [0.15, 0.2) is 0 Å². The average Bonchev–Trinajstić information content (AvgIpc) is 2.93. The molecule has 19 heavy (non-hydrogen) atoms. The number of likely N-dealkylation sites (tertiary alicyclic amines) is 1. The zero-order valence-electron chi connectivity index (χ0n) is 10.7. The van der Waals surface area contributed by atoms with E-state index in [9.17, 15) is 14.9 Å². The molecule has 2 aliphatic rings. The summed E-state index contributed by atoms with van der Waals surface area (Å²) in [6.07, 6.45) is 0.839. The van der Waals surface area contributed by atoms with Gasteiger partial charge in [0, 0.05) is 38.8 Å². The van der Waals surface area contributed by atoms with Crippen molar-refractivity contribution in [1.29, 1.82) is 0 Å². The number of nitrogens with zero attached hydrogens (tertiary/aromatic N) is 3. The normalized spacial score (nSPS) is 22.9. The summed E-state index contributed by atoms with van der Waals surface area (Å²) in [5, 5.41) is 10.8. The number of fused-ring (bicyclic) bond motifs is 1. The van der Waals surface area contributed by atoms with E-state index in [-0.39, 0.29) is 22.6 Å². The summed E-state index contributed by atoms with van der Waals surface area (Å²) >= 11 is 0. The molecule has 0 unspecified atom stereocenters. The van der Waals surface area contributed by atoms with Crippen molar-refractivity contribution in [3.05, 3.63) is 39.4 Å². The fourth-order valence-electron chi connectivity index (χ4n) is 2.88. The topological polar surface area (TPSA) is 66.7 Å². The molecule has 2 aliphatic heterocycles. The number of carbonyl (C=O) groups is 1. The van der Waals surface area contributed by atoms with Crippen molar-refractivity contribution < 1.29 is 9.72 Å². The zero-order valence-corrected chi connectivity index (χ0v) is 10.7. The SMILES string of the molecule is CN1CC[C@@H](N2Cc3ccc([N+](=O)[O-])cc3C2)C1=O. The predicted molar refractivity (Wildman–Crippen MR) is 68.4 cm³/mol. The average molecular weight is 261 g/mol. The Labute approximate surface area is 110 Å². The molecule has 0 aromatic heterocycles. The number of benzene rings is 1. The molecule has 6 heteroatoms. The maximum Gasteiger partial charge on any atom is 0.269 e. The van der Waals surface area contributed by atoms with E-state index < -0.39 is 0 Å². The molecule has 6 nitrogen and oxygen atoms in total. The Bertz CT molecular complexity index is 558. The molecule has 1 aromatic carbocycles. The zero-order chi connectivity index (χ0) is 13.6. The highest BCUT2D eigenvalue weighted by Gasteiger charge is 2.36. The number of rotatable bonds is 2. The molecule has 0 spiro atoms. The quantitative estimate of drug-likeness (QED) is 0.591. The van der Waals surface area contributed by atoms with Gasteiger partial charge in [0.2, 0.25) is 5.91 Å². The van der Waals surface area contributed by atoms with Gasteiger partial charge >= 0.3 is 0 Å². The number of amides is 1. The highest BCUT2D eigenvalue weighted by molar-refractivity contribution is 5.83. The maximum atomic E-state index is 12.0. The lowest BCUT2D eigenvalue weighted by molar-refractivity contribution is -0.384. The molecule has 100 valence electrons. The lowest BCUT2D eigenvalue weighted by Gasteiger charge is -2.21. The second kappa shape index (κ2) is 4.31. The summed E-state index contributed by atoms with van der Waals surface area (Å²) in [6, 6.07) is 4.89. The number of hydrogen-bond donors (Lipinski definition) is 0. The van der Waals surface area contributed by atoms with Gasteiger partial charge in [-0.1, -0.05) is 6.07 Å². The second-order valence-corrected chi connectivity index (χ2v) is 5.18. The molecule has 1 amide bonds. The summed E-state index contributed by atoms with van der Waals surface area (Å²) in [5.41, 5.74) is 2.18. The van der Waals surface area contributed by atoms with Gasteiger partial charge in [-0.05, 0) is 17.5 Å². The van der Waals surface area contributed by atoms with Gasteiger partial charge in [-0.25, -0.2) is 0 Å². The van der Waals surface area contributed by atoms with Crippen LogP contribution in [0.3, 0.4) is 0 Å². The van der Waals surface area contributed by atoms with Gasteiger partial charge in [-0.3, -0.25) is 19.8 Å². The second-order valence-electron chi connectivity index (χ2n) is 5.18. The lowest BCUT2D eigenvalue weighted by atomic mass is 10.1. The summed E-state index contributed by atoms with van der Waals surface area (Å²) < 4.78 is 0. The molecule has 1 atom stereocenters. The Morgan fingerprint density at radius 1 is 1.32 bits per heavy atom. The van der Waals surface area contributed by atoms with Crippen LogP contribution in [-0.2, 0) is 17.9 Å². The Balaban J connectivity index is 1.81. The summed E-state index contributed by atoms with van der Waals surface area (Å²) in [5.74, 6) is 0.155. The Morgan fingerprint density at radius 2 is 2.05 bits per heavy atom. The number of non-ortho nitro benzene ring substituents is 1. The number of nitro benzene ring substituents is 1. The van der Waals surface area contributed by atoms with E-state index in [0.29, 0.717) is 13.1 Å². The third kappa shape index (κ3) is 1.98. The van der Waals surface area contributed by atoms with Gasteiger partial charge in [0.25, 0.3) is 5.69 Å². The van der Waals surface area contributed by atoms with E-state index in [1.54, 1.807) is 17.0 Å². The minimum atomic E-state index is -0.378. The maximum absolute atomic E-state index is 12.0. The molecule has 1 saturated heterocycles. The van der Waals surface area contributed by atoms with Crippen LogP contribution in [0.15, 0.2) is 18.2 Å². The van der Waals surface area contributed by atoms with E-state index in [0.717, 1.165) is 24.1 Å². The summed E-state index contributed by atoms with van der Waals surface area (Å²) in [7, 11) is 1.82. The number of nitro groups is 1. The van der Waals surface area contributed by atoms with Crippen molar-refractivity contribution in [1.82, 2.24) is 9.80 Å². The van der Waals surface area contributed by atoms with Crippen LogP contribution in [0, 0.1) is 10.1 Å². The first kappa shape index (κ1) is 12.1. The van der Waals surface area contributed by atoms with E-state index in [1.807, 2.05) is 7.05 Å². The molecule has 1 fully saturated rings. The van der Waals surface area contributed by atoms with Crippen molar-refractivity contribution in [2.45, 2.75) is 25.6 Å². The first-order valence-corrected chi connectivity index (χ1v) is 6.31. The molecule has 0 aliphatic carbocycles.